The summed E-state index contributed by atoms with van der Waals surface area (Å²) >= 11 is 6.38. The molecule has 3 heterocycles. The molecule has 0 unspecified atom stereocenters. The fourth-order valence-electron chi connectivity index (χ4n) is 3.84. The normalized spacial score (nSPS) is 14.5. The van der Waals surface area contributed by atoms with E-state index >= 15 is 0 Å². The van der Waals surface area contributed by atoms with Gasteiger partial charge in [0.2, 0.25) is 5.95 Å². The van der Waals surface area contributed by atoms with E-state index in [1.165, 1.54) is 11.6 Å². The number of alkyl halides is 1. The van der Waals surface area contributed by atoms with Gasteiger partial charge in [-0.15, -0.1) is 0 Å². The number of carbonyl (C=O) groups is 1. The van der Waals surface area contributed by atoms with Crippen molar-refractivity contribution in [3.63, 3.8) is 0 Å². The molecule has 1 N–H and O–H groups in total. The van der Waals surface area contributed by atoms with E-state index in [-0.39, 0.29) is 23.8 Å². The Balaban J connectivity index is 1.61. The summed E-state index contributed by atoms with van der Waals surface area (Å²) < 4.78 is 20.4. The van der Waals surface area contributed by atoms with Crippen LogP contribution in [-0.2, 0) is 18.3 Å². The predicted octanol–water partition coefficient (Wildman–Crippen LogP) is 2.64. The monoisotopic (exact) mass is 473 g/mol. The molecule has 0 aliphatic carbocycles. The predicted molar refractivity (Wildman–Crippen MR) is 125 cm³/mol. The lowest BCUT2D eigenvalue weighted by molar-refractivity contribution is -0.122. The molecule has 33 heavy (non-hydrogen) atoms. The lowest BCUT2D eigenvalue weighted by Crippen LogP contribution is -2.35. The van der Waals surface area contributed by atoms with Gasteiger partial charge in [-0.05, 0) is 36.6 Å². The number of anilines is 1. The standard InChI is InChI=1S/C23H25ClFN5O3/c1-26-21(31)13-33-20-11-15-9-14(3-4-19(15)29(2)22(20)32)10-18-17(24)12-27-23(28-18)30-7-5-16(25)6-8-30/h3-4,9,11-12,16H,5-8,10,13H2,1-2H3,(H,26,31). The summed E-state index contributed by atoms with van der Waals surface area (Å²) in [5.41, 5.74) is 2.02. The van der Waals surface area contributed by atoms with Crippen molar-refractivity contribution < 1.29 is 13.9 Å². The smallest absolute Gasteiger partial charge is 0.293 e. The Morgan fingerprint density at radius 3 is 2.79 bits per heavy atom. The van der Waals surface area contributed by atoms with Crippen molar-refractivity contribution >= 4 is 34.4 Å². The molecule has 0 spiro atoms. The van der Waals surface area contributed by atoms with Crippen molar-refractivity contribution in [3.05, 3.63) is 57.1 Å². The Kier molecular flexibility index (Phi) is 6.78. The van der Waals surface area contributed by atoms with Gasteiger partial charge in [-0.3, -0.25) is 9.59 Å². The number of hydrogen-bond acceptors (Lipinski definition) is 6. The maximum atomic E-state index is 13.5. The lowest BCUT2D eigenvalue weighted by atomic mass is 10.1. The lowest BCUT2D eigenvalue weighted by Gasteiger charge is -2.28. The van der Waals surface area contributed by atoms with E-state index in [1.807, 2.05) is 23.1 Å². The van der Waals surface area contributed by atoms with Gasteiger partial charge in [-0.1, -0.05) is 17.7 Å². The van der Waals surface area contributed by atoms with Crippen molar-refractivity contribution in [3.8, 4) is 5.75 Å². The van der Waals surface area contributed by atoms with Crippen LogP contribution < -0.4 is 20.5 Å². The van der Waals surface area contributed by atoms with Crippen LogP contribution in [0.25, 0.3) is 10.9 Å². The largest absolute Gasteiger partial charge is 0.478 e. The topological polar surface area (TPSA) is 89.3 Å². The first-order chi connectivity index (χ1) is 15.9. The third-order valence-electron chi connectivity index (χ3n) is 5.78. The summed E-state index contributed by atoms with van der Waals surface area (Å²) in [6, 6.07) is 7.35. The SMILES string of the molecule is CNC(=O)COc1cc2cc(Cc3nc(N4CCC(F)CC4)ncc3Cl)ccc2n(C)c1=O. The average Bonchev–Trinajstić information content (AvgIpc) is 2.82. The van der Waals surface area contributed by atoms with Gasteiger partial charge in [-0.2, -0.15) is 0 Å². The minimum Gasteiger partial charge on any atom is -0.478 e. The number of nitrogens with zero attached hydrogens (tertiary/aromatic N) is 4. The van der Waals surface area contributed by atoms with Crippen LogP contribution in [-0.4, -0.2) is 53.4 Å². The molecule has 1 fully saturated rings. The molecule has 0 bridgehead atoms. The summed E-state index contributed by atoms with van der Waals surface area (Å²) in [5, 5.41) is 3.70. The van der Waals surface area contributed by atoms with Gasteiger partial charge in [-0.25, -0.2) is 14.4 Å². The van der Waals surface area contributed by atoms with Gasteiger partial charge >= 0.3 is 0 Å². The number of aromatic nitrogens is 3. The van der Waals surface area contributed by atoms with Gasteiger partial charge < -0.3 is 19.5 Å². The molecular formula is C23H25ClFN5O3. The number of fused-ring (bicyclic) bond motifs is 1. The van der Waals surface area contributed by atoms with Gasteiger partial charge in [0, 0.05) is 39.0 Å². The molecule has 1 aliphatic rings. The highest BCUT2D eigenvalue weighted by atomic mass is 35.5. The molecule has 0 radical (unpaired) electrons. The van der Waals surface area contributed by atoms with Crippen LogP contribution in [0.4, 0.5) is 10.3 Å². The van der Waals surface area contributed by atoms with Crippen LogP contribution in [0.3, 0.4) is 0 Å². The quantitative estimate of drug-likeness (QED) is 0.592. The summed E-state index contributed by atoms with van der Waals surface area (Å²) in [6.07, 6.45) is 2.20. The number of carbonyl (C=O) groups excluding carboxylic acids is 1. The molecule has 1 aliphatic heterocycles. The Labute approximate surface area is 195 Å². The highest BCUT2D eigenvalue weighted by molar-refractivity contribution is 6.31. The second kappa shape index (κ2) is 9.74. The molecule has 3 aromatic rings. The van der Waals surface area contributed by atoms with Crippen molar-refractivity contribution in [1.29, 1.82) is 0 Å². The van der Waals surface area contributed by atoms with Gasteiger partial charge in [0.15, 0.2) is 12.4 Å². The molecule has 174 valence electrons. The van der Waals surface area contributed by atoms with Crippen molar-refractivity contribution in [2.24, 2.45) is 7.05 Å². The number of halogens is 2. The Hall–Kier alpha value is -3.20. The minimum atomic E-state index is -0.771. The van der Waals surface area contributed by atoms with Crippen molar-refractivity contribution in [2.45, 2.75) is 25.4 Å². The number of rotatable bonds is 6. The number of nitrogens with one attached hydrogen (secondary N) is 1. The molecule has 1 amide bonds. The number of ether oxygens (including phenoxy) is 1. The van der Waals surface area contributed by atoms with Crippen LogP contribution in [0.5, 0.6) is 5.75 Å². The zero-order chi connectivity index (χ0) is 23.5. The maximum absolute atomic E-state index is 13.5. The van der Waals surface area contributed by atoms with Crippen LogP contribution in [0, 0.1) is 0 Å². The highest BCUT2D eigenvalue weighted by Crippen LogP contribution is 2.25. The number of piperidine rings is 1. The molecule has 1 saturated heterocycles. The fourth-order valence-corrected chi connectivity index (χ4v) is 4.00. The Morgan fingerprint density at radius 2 is 2.06 bits per heavy atom. The van der Waals surface area contributed by atoms with E-state index in [4.69, 9.17) is 16.3 Å². The molecule has 1 aromatic carbocycles. The number of pyridine rings is 1. The van der Waals surface area contributed by atoms with E-state index in [2.05, 4.69) is 15.3 Å². The number of benzene rings is 1. The van der Waals surface area contributed by atoms with E-state index in [0.29, 0.717) is 49.0 Å². The molecule has 4 rings (SSSR count). The zero-order valence-electron chi connectivity index (χ0n) is 18.5. The van der Waals surface area contributed by atoms with Crippen LogP contribution in [0.1, 0.15) is 24.1 Å². The summed E-state index contributed by atoms with van der Waals surface area (Å²) in [7, 11) is 3.16. The van der Waals surface area contributed by atoms with Crippen LogP contribution >= 0.6 is 11.6 Å². The summed E-state index contributed by atoms with van der Waals surface area (Å²) in [6.45, 7) is 0.909. The van der Waals surface area contributed by atoms with E-state index < -0.39 is 6.17 Å². The molecule has 10 heteroatoms. The van der Waals surface area contributed by atoms with Crippen LogP contribution in [0.15, 0.2) is 35.3 Å². The third kappa shape index (κ3) is 5.08. The molecule has 0 saturated carbocycles. The van der Waals surface area contributed by atoms with E-state index in [1.54, 1.807) is 19.3 Å². The Bertz CT molecular complexity index is 1240. The second-order valence-corrected chi connectivity index (χ2v) is 8.44. The van der Waals surface area contributed by atoms with E-state index in [0.717, 1.165) is 16.5 Å². The Morgan fingerprint density at radius 1 is 1.30 bits per heavy atom. The summed E-state index contributed by atoms with van der Waals surface area (Å²) in [4.78, 5) is 35.0. The van der Waals surface area contributed by atoms with E-state index in [9.17, 15) is 14.0 Å². The second-order valence-electron chi connectivity index (χ2n) is 8.03. The number of hydrogen-bond donors (Lipinski definition) is 1. The molecular weight excluding hydrogens is 449 g/mol. The third-order valence-corrected chi connectivity index (χ3v) is 6.09. The van der Waals surface area contributed by atoms with Crippen molar-refractivity contribution in [1.82, 2.24) is 19.9 Å². The number of likely N-dealkylation sites (N-methyl/N-ethyl adjacent to an activating group) is 1. The first-order valence-corrected chi connectivity index (χ1v) is 11.1. The molecule has 2 aromatic heterocycles. The first-order valence-electron chi connectivity index (χ1n) is 10.7. The zero-order valence-corrected chi connectivity index (χ0v) is 19.2. The highest BCUT2D eigenvalue weighted by Gasteiger charge is 2.21. The average molecular weight is 474 g/mol. The van der Waals surface area contributed by atoms with Gasteiger partial charge in [0.1, 0.15) is 6.17 Å². The van der Waals surface area contributed by atoms with Gasteiger partial charge in [0.05, 0.1) is 22.4 Å². The molecule has 8 nitrogen and oxygen atoms in total. The van der Waals surface area contributed by atoms with Crippen LogP contribution in [0.2, 0.25) is 5.02 Å². The van der Waals surface area contributed by atoms with Crippen molar-refractivity contribution in [2.75, 3.05) is 31.6 Å². The fraction of sp³-hybridized carbons (Fsp3) is 0.391. The number of aryl methyl sites for hydroxylation is 1. The minimum absolute atomic E-state index is 0.101. The summed E-state index contributed by atoms with van der Waals surface area (Å²) in [5.74, 6) is 0.328. The molecule has 0 atom stereocenters. The number of amides is 1. The van der Waals surface area contributed by atoms with Gasteiger partial charge in [0.25, 0.3) is 11.5 Å². The maximum Gasteiger partial charge on any atom is 0.293 e. The first kappa shape index (κ1) is 23.0.